The van der Waals surface area contributed by atoms with Crippen molar-refractivity contribution in [2.75, 3.05) is 11.9 Å². The number of aromatic amines is 1. The summed E-state index contributed by atoms with van der Waals surface area (Å²) < 4.78 is 0. The molecule has 2 aromatic carbocycles. The number of rotatable bonds is 4. The molecule has 1 saturated carbocycles. The van der Waals surface area contributed by atoms with Crippen molar-refractivity contribution in [1.82, 2.24) is 20.5 Å². The number of amides is 2. The number of nitrogens with zero attached hydrogens (tertiary/aromatic N) is 3. The number of fused-ring (bicyclic) bond motifs is 1. The van der Waals surface area contributed by atoms with Crippen LogP contribution in [0.3, 0.4) is 0 Å². The van der Waals surface area contributed by atoms with Gasteiger partial charge in [0.2, 0.25) is 11.7 Å². The molecular formula is C26H25N5O2. The normalized spacial score (nSPS) is 17.5. The van der Waals surface area contributed by atoms with Crippen molar-refractivity contribution in [3.8, 4) is 11.8 Å². The van der Waals surface area contributed by atoms with Crippen LogP contribution in [0.15, 0.2) is 48.5 Å². The minimum atomic E-state index is -0.646. The maximum absolute atomic E-state index is 13.1. The molecule has 0 radical (unpaired) electrons. The van der Waals surface area contributed by atoms with Crippen LogP contribution in [0.1, 0.15) is 52.4 Å². The van der Waals surface area contributed by atoms with Crippen molar-refractivity contribution in [2.24, 2.45) is 5.92 Å². The highest BCUT2D eigenvalue weighted by atomic mass is 16.2. The largest absolute Gasteiger partial charge is 0.337 e. The molecule has 0 saturated heterocycles. The molecule has 33 heavy (non-hydrogen) atoms. The standard InChI is InChI=1S/C26H25N5O2/c1-31-22-15-19(10-9-17-7-8-17)11-12-20(22)13-14-21(26(31)33)27-25(32)24-28-23(29-30-24)16-18-5-3-2-4-6-18/h2-6,11-12,15,17,21H,7-8,13-14,16H2,1H3,(H,27,32)(H,28,29,30)/t21-/m0/s1. The molecule has 1 aliphatic carbocycles. The van der Waals surface area contributed by atoms with E-state index in [9.17, 15) is 9.59 Å². The van der Waals surface area contributed by atoms with Crippen LogP contribution in [-0.4, -0.2) is 40.1 Å². The molecule has 0 unspecified atom stereocenters. The van der Waals surface area contributed by atoms with Crippen LogP contribution in [0.4, 0.5) is 5.69 Å². The number of anilines is 1. The number of carbonyl (C=O) groups is 2. The van der Waals surface area contributed by atoms with Gasteiger partial charge in [-0.2, -0.15) is 0 Å². The Bertz CT molecular complexity index is 1250. The second-order valence-electron chi connectivity index (χ2n) is 8.62. The third-order valence-electron chi connectivity index (χ3n) is 6.03. The highest BCUT2D eigenvalue weighted by molar-refractivity contribution is 6.02. The fraction of sp³-hybridized carbons (Fsp3) is 0.308. The van der Waals surface area contributed by atoms with Gasteiger partial charge < -0.3 is 10.2 Å². The summed E-state index contributed by atoms with van der Waals surface area (Å²) >= 11 is 0. The number of aryl methyl sites for hydroxylation is 1. The zero-order valence-electron chi connectivity index (χ0n) is 18.5. The highest BCUT2D eigenvalue weighted by Crippen LogP contribution is 2.29. The van der Waals surface area contributed by atoms with Gasteiger partial charge in [0.25, 0.3) is 5.91 Å². The zero-order valence-corrected chi connectivity index (χ0v) is 18.5. The summed E-state index contributed by atoms with van der Waals surface area (Å²) in [5, 5.41) is 9.69. The Kier molecular flexibility index (Phi) is 5.66. The molecule has 1 aromatic heterocycles. The van der Waals surface area contributed by atoms with Crippen LogP contribution in [0.2, 0.25) is 0 Å². The predicted octanol–water partition coefficient (Wildman–Crippen LogP) is 2.86. The lowest BCUT2D eigenvalue weighted by Crippen LogP contribution is -2.47. The number of hydrogen-bond donors (Lipinski definition) is 2. The molecule has 1 fully saturated rings. The maximum Gasteiger partial charge on any atom is 0.291 e. The van der Waals surface area contributed by atoms with Gasteiger partial charge >= 0.3 is 0 Å². The molecule has 3 aromatic rings. The second-order valence-corrected chi connectivity index (χ2v) is 8.62. The van der Waals surface area contributed by atoms with Crippen molar-refractivity contribution in [3.63, 3.8) is 0 Å². The topological polar surface area (TPSA) is 91.0 Å². The van der Waals surface area contributed by atoms with E-state index in [-0.39, 0.29) is 11.7 Å². The Morgan fingerprint density at radius 1 is 1.18 bits per heavy atom. The van der Waals surface area contributed by atoms with E-state index in [4.69, 9.17) is 0 Å². The van der Waals surface area contributed by atoms with Gasteiger partial charge in [-0.15, -0.1) is 5.10 Å². The first-order valence-electron chi connectivity index (χ1n) is 11.2. The average molecular weight is 440 g/mol. The summed E-state index contributed by atoms with van der Waals surface area (Å²) in [4.78, 5) is 31.8. The Balaban J connectivity index is 1.27. The molecule has 2 aliphatic rings. The minimum Gasteiger partial charge on any atom is -0.337 e. The van der Waals surface area contributed by atoms with Crippen LogP contribution >= 0.6 is 0 Å². The first-order chi connectivity index (χ1) is 16.1. The van der Waals surface area contributed by atoms with E-state index >= 15 is 0 Å². The van der Waals surface area contributed by atoms with Crippen LogP contribution in [0.5, 0.6) is 0 Å². The van der Waals surface area contributed by atoms with Crippen molar-refractivity contribution in [1.29, 1.82) is 0 Å². The SMILES string of the molecule is CN1C(=O)[C@@H](NC(=O)c2n[nH]c(Cc3ccccc3)n2)CCc2ccc(C#CC3CC3)cc21. The van der Waals surface area contributed by atoms with Gasteiger partial charge in [0.15, 0.2) is 0 Å². The van der Waals surface area contributed by atoms with E-state index in [1.807, 2.05) is 48.5 Å². The Labute approximate surface area is 192 Å². The summed E-state index contributed by atoms with van der Waals surface area (Å²) in [7, 11) is 1.74. The van der Waals surface area contributed by atoms with E-state index in [0.29, 0.717) is 31.0 Å². The quantitative estimate of drug-likeness (QED) is 0.612. The molecule has 0 spiro atoms. The maximum atomic E-state index is 13.1. The molecule has 1 atom stereocenters. The number of hydrogen-bond acceptors (Lipinski definition) is 4. The zero-order chi connectivity index (χ0) is 22.8. The van der Waals surface area contributed by atoms with Crippen LogP contribution in [0.25, 0.3) is 0 Å². The Morgan fingerprint density at radius 3 is 2.79 bits per heavy atom. The lowest BCUT2D eigenvalue weighted by Gasteiger charge is -2.22. The van der Waals surface area contributed by atoms with E-state index in [0.717, 1.165) is 22.4 Å². The van der Waals surface area contributed by atoms with Crippen LogP contribution < -0.4 is 10.2 Å². The summed E-state index contributed by atoms with van der Waals surface area (Å²) in [5.41, 5.74) is 3.90. The summed E-state index contributed by atoms with van der Waals surface area (Å²) in [6, 6.07) is 15.2. The van der Waals surface area contributed by atoms with Gasteiger partial charge in [-0.05, 0) is 48.9 Å². The fourth-order valence-corrected chi connectivity index (χ4v) is 3.98. The van der Waals surface area contributed by atoms with E-state index < -0.39 is 11.9 Å². The van der Waals surface area contributed by atoms with Crippen molar-refractivity contribution in [3.05, 3.63) is 76.9 Å². The third-order valence-corrected chi connectivity index (χ3v) is 6.03. The van der Waals surface area contributed by atoms with Gasteiger partial charge in [0, 0.05) is 30.6 Å². The molecule has 7 nitrogen and oxygen atoms in total. The Hall–Kier alpha value is -3.92. The van der Waals surface area contributed by atoms with Crippen LogP contribution in [0, 0.1) is 17.8 Å². The first kappa shape index (κ1) is 21.0. The fourth-order valence-electron chi connectivity index (χ4n) is 3.98. The monoisotopic (exact) mass is 439 g/mol. The number of likely N-dealkylation sites (N-methyl/N-ethyl adjacent to an activating group) is 1. The number of H-pyrrole nitrogens is 1. The number of nitrogens with one attached hydrogen (secondary N) is 2. The molecule has 2 heterocycles. The number of carbonyl (C=O) groups excluding carboxylic acids is 2. The minimum absolute atomic E-state index is 0.0378. The van der Waals surface area contributed by atoms with Gasteiger partial charge in [0.05, 0.1) is 0 Å². The molecule has 1 aliphatic heterocycles. The number of benzene rings is 2. The summed E-state index contributed by atoms with van der Waals surface area (Å²) in [5.74, 6) is 7.02. The van der Waals surface area contributed by atoms with Crippen molar-refractivity contribution >= 4 is 17.5 Å². The van der Waals surface area contributed by atoms with Gasteiger partial charge in [-0.3, -0.25) is 14.7 Å². The predicted molar refractivity (Wildman–Crippen MR) is 125 cm³/mol. The average Bonchev–Trinajstić information content (AvgIpc) is 3.57. The van der Waals surface area contributed by atoms with Gasteiger partial charge in [-0.25, -0.2) is 4.98 Å². The first-order valence-corrected chi connectivity index (χ1v) is 11.2. The summed E-state index contributed by atoms with van der Waals surface area (Å²) in [6.07, 6.45) is 4.09. The van der Waals surface area contributed by atoms with Gasteiger partial charge in [-0.1, -0.05) is 48.2 Å². The lowest BCUT2D eigenvalue weighted by molar-refractivity contribution is -0.120. The molecule has 7 heteroatoms. The number of aromatic nitrogens is 3. The van der Waals surface area contributed by atoms with Crippen molar-refractivity contribution < 1.29 is 9.59 Å². The van der Waals surface area contributed by atoms with Gasteiger partial charge in [0.1, 0.15) is 11.9 Å². The molecule has 166 valence electrons. The molecule has 2 N–H and O–H groups in total. The highest BCUT2D eigenvalue weighted by Gasteiger charge is 2.30. The second kappa shape index (κ2) is 8.91. The van der Waals surface area contributed by atoms with E-state index in [1.165, 1.54) is 12.8 Å². The molecule has 5 rings (SSSR count). The lowest BCUT2D eigenvalue weighted by atomic mass is 10.0. The van der Waals surface area contributed by atoms with Crippen molar-refractivity contribution in [2.45, 2.75) is 38.1 Å². The van der Waals surface area contributed by atoms with E-state index in [1.54, 1.807) is 11.9 Å². The summed E-state index contributed by atoms with van der Waals surface area (Å²) in [6.45, 7) is 0. The Morgan fingerprint density at radius 2 is 2.00 bits per heavy atom. The molecular weight excluding hydrogens is 414 g/mol. The molecule has 2 amide bonds. The van der Waals surface area contributed by atoms with E-state index in [2.05, 4.69) is 32.3 Å². The molecule has 0 bridgehead atoms. The van der Waals surface area contributed by atoms with Crippen LogP contribution in [-0.2, 0) is 17.6 Å². The smallest absolute Gasteiger partial charge is 0.291 e. The third kappa shape index (κ3) is 4.80.